The average molecular weight is 361 g/mol. The highest BCUT2D eigenvalue weighted by atomic mass is 16.3. The predicted molar refractivity (Wildman–Crippen MR) is 101 cm³/mol. The number of aryl methyl sites for hydroxylation is 1. The first-order chi connectivity index (χ1) is 13.2. The van der Waals surface area contributed by atoms with E-state index in [1.807, 2.05) is 48.5 Å². The first kappa shape index (κ1) is 17.1. The zero-order valence-corrected chi connectivity index (χ0v) is 14.8. The minimum absolute atomic E-state index is 0.222. The zero-order valence-electron chi connectivity index (χ0n) is 14.8. The Morgan fingerprint density at radius 2 is 1.93 bits per heavy atom. The third-order valence-corrected chi connectivity index (χ3v) is 4.62. The third kappa shape index (κ3) is 3.37. The number of pyridine rings is 1. The lowest BCUT2D eigenvalue weighted by Crippen LogP contribution is -2.20. The van der Waals surface area contributed by atoms with Crippen LogP contribution in [-0.2, 0) is 13.0 Å². The second-order valence-electron chi connectivity index (χ2n) is 6.41. The van der Waals surface area contributed by atoms with E-state index in [1.165, 1.54) is 4.68 Å². The quantitative estimate of drug-likeness (QED) is 0.568. The van der Waals surface area contributed by atoms with E-state index in [2.05, 4.69) is 27.4 Å². The number of benzene rings is 2. The van der Waals surface area contributed by atoms with Crippen molar-refractivity contribution in [3.05, 3.63) is 87.5 Å². The van der Waals surface area contributed by atoms with Crippen molar-refractivity contribution in [1.29, 1.82) is 0 Å². The molecule has 136 valence electrons. The van der Waals surface area contributed by atoms with Crippen molar-refractivity contribution in [1.82, 2.24) is 25.2 Å². The van der Waals surface area contributed by atoms with Crippen LogP contribution >= 0.6 is 0 Å². The molecule has 0 amide bonds. The molecule has 1 atom stereocenters. The maximum absolute atomic E-state index is 12.5. The molecule has 2 aromatic carbocycles. The number of tetrazole rings is 1. The Morgan fingerprint density at radius 1 is 1.11 bits per heavy atom. The Balaban J connectivity index is 1.73. The Morgan fingerprint density at radius 3 is 2.70 bits per heavy atom. The van der Waals surface area contributed by atoms with Gasteiger partial charge in [-0.1, -0.05) is 43.3 Å². The molecular weight excluding hydrogens is 342 g/mol. The fraction of sp³-hybridized carbons (Fsp3) is 0.200. The van der Waals surface area contributed by atoms with E-state index in [0.717, 1.165) is 28.5 Å². The molecule has 4 aromatic rings. The normalized spacial score (nSPS) is 12.4. The average Bonchev–Trinajstić information content (AvgIpc) is 3.15. The van der Waals surface area contributed by atoms with Crippen molar-refractivity contribution in [3.8, 4) is 0 Å². The molecule has 0 radical (unpaired) electrons. The Labute approximate surface area is 155 Å². The van der Waals surface area contributed by atoms with E-state index >= 15 is 0 Å². The van der Waals surface area contributed by atoms with Crippen LogP contribution in [0.3, 0.4) is 0 Å². The first-order valence-corrected chi connectivity index (χ1v) is 8.79. The molecule has 4 rings (SSSR count). The van der Waals surface area contributed by atoms with Crippen LogP contribution in [0.25, 0.3) is 10.9 Å². The highest BCUT2D eigenvalue weighted by Gasteiger charge is 2.22. The summed E-state index contributed by atoms with van der Waals surface area (Å²) in [6.45, 7) is 2.48. The second kappa shape index (κ2) is 7.13. The molecule has 1 unspecified atom stereocenters. The number of rotatable bonds is 5. The van der Waals surface area contributed by atoms with Crippen molar-refractivity contribution < 1.29 is 5.11 Å². The van der Waals surface area contributed by atoms with Gasteiger partial charge in [0, 0.05) is 5.52 Å². The summed E-state index contributed by atoms with van der Waals surface area (Å²) in [4.78, 5) is 15.3. The van der Waals surface area contributed by atoms with Gasteiger partial charge in [0.2, 0.25) is 0 Å². The number of hydrogen-bond acceptors (Lipinski definition) is 5. The van der Waals surface area contributed by atoms with Gasteiger partial charge < -0.3 is 10.1 Å². The molecule has 0 aliphatic heterocycles. The third-order valence-electron chi connectivity index (χ3n) is 4.62. The van der Waals surface area contributed by atoms with Crippen molar-refractivity contribution in [3.63, 3.8) is 0 Å². The molecular formula is C20H19N5O2. The van der Waals surface area contributed by atoms with Gasteiger partial charge in [-0.25, -0.2) is 4.68 Å². The van der Waals surface area contributed by atoms with Gasteiger partial charge in [0.25, 0.3) is 5.56 Å². The lowest BCUT2D eigenvalue weighted by Gasteiger charge is -2.12. The van der Waals surface area contributed by atoms with Crippen LogP contribution in [0.2, 0.25) is 0 Å². The van der Waals surface area contributed by atoms with E-state index < -0.39 is 6.10 Å². The van der Waals surface area contributed by atoms with Gasteiger partial charge in [-0.15, -0.1) is 5.10 Å². The van der Waals surface area contributed by atoms with Crippen LogP contribution in [0.15, 0.2) is 59.4 Å². The van der Waals surface area contributed by atoms with Crippen molar-refractivity contribution in [2.45, 2.75) is 26.0 Å². The summed E-state index contributed by atoms with van der Waals surface area (Å²) in [5.41, 5.74) is 2.76. The molecule has 2 N–H and O–H groups in total. The molecule has 2 aromatic heterocycles. The van der Waals surface area contributed by atoms with E-state index in [4.69, 9.17) is 0 Å². The number of hydrogen-bond donors (Lipinski definition) is 2. The number of nitrogens with zero attached hydrogens (tertiary/aromatic N) is 4. The lowest BCUT2D eigenvalue weighted by molar-refractivity contribution is 0.202. The van der Waals surface area contributed by atoms with Crippen molar-refractivity contribution in [2.75, 3.05) is 0 Å². The van der Waals surface area contributed by atoms with E-state index in [1.54, 1.807) is 6.07 Å². The highest BCUT2D eigenvalue weighted by Crippen LogP contribution is 2.21. The number of aliphatic hydroxyl groups excluding tert-OH is 1. The van der Waals surface area contributed by atoms with Crippen LogP contribution in [0, 0.1) is 0 Å². The number of H-pyrrole nitrogens is 1. The van der Waals surface area contributed by atoms with Crippen molar-refractivity contribution in [2.24, 2.45) is 0 Å². The van der Waals surface area contributed by atoms with Gasteiger partial charge in [-0.3, -0.25) is 4.79 Å². The van der Waals surface area contributed by atoms with Crippen LogP contribution in [0.4, 0.5) is 0 Å². The number of nitrogens with one attached hydrogen (secondary N) is 1. The summed E-state index contributed by atoms with van der Waals surface area (Å²) in [5.74, 6) is 0.232. The van der Waals surface area contributed by atoms with Gasteiger partial charge in [-0.2, -0.15) is 0 Å². The molecule has 7 nitrogen and oxygen atoms in total. The van der Waals surface area contributed by atoms with Gasteiger partial charge in [-0.05, 0) is 51.6 Å². The van der Waals surface area contributed by atoms with Crippen LogP contribution < -0.4 is 5.56 Å². The van der Waals surface area contributed by atoms with Gasteiger partial charge >= 0.3 is 0 Å². The summed E-state index contributed by atoms with van der Waals surface area (Å²) in [7, 11) is 0. The molecule has 0 aliphatic carbocycles. The summed E-state index contributed by atoms with van der Waals surface area (Å²) in [6.07, 6.45) is -0.329. The summed E-state index contributed by atoms with van der Waals surface area (Å²) in [5, 5.41) is 23.3. The number of aromatic nitrogens is 5. The molecule has 0 saturated carbocycles. The van der Waals surface area contributed by atoms with Gasteiger partial charge in [0.05, 0.1) is 12.1 Å². The Kier molecular flexibility index (Phi) is 4.52. The minimum atomic E-state index is -1.22. The monoisotopic (exact) mass is 361 g/mol. The summed E-state index contributed by atoms with van der Waals surface area (Å²) >= 11 is 0. The van der Waals surface area contributed by atoms with Crippen LogP contribution in [-0.4, -0.2) is 30.3 Å². The molecule has 0 fully saturated rings. The predicted octanol–water partition coefficient (Wildman–Crippen LogP) is 2.21. The SMILES string of the molecule is CCc1ccc2[nH]c(=O)c(C(O)c3nnnn3Cc3ccccc3)cc2c1. The smallest absolute Gasteiger partial charge is 0.254 e. The standard InChI is InChI=1S/C20H19N5O2/c1-2-13-8-9-17-15(10-13)11-16(20(27)21-17)18(26)19-22-23-24-25(19)12-14-6-4-3-5-7-14/h3-11,18,26H,2,12H2,1H3,(H,21,27). The number of fused-ring (bicyclic) bond motifs is 1. The second-order valence-corrected chi connectivity index (χ2v) is 6.41. The topological polar surface area (TPSA) is 96.7 Å². The summed E-state index contributed by atoms with van der Waals surface area (Å²) in [6, 6.07) is 17.3. The highest BCUT2D eigenvalue weighted by molar-refractivity contribution is 5.79. The maximum atomic E-state index is 12.5. The Hall–Kier alpha value is -3.32. The van der Waals surface area contributed by atoms with E-state index in [0.29, 0.717) is 6.54 Å². The zero-order chi connectivity index (χ0) is 18.8. The maximum Gasteiger partial charge on any atom is 0.254 e. The lowest BCUT2D eigenvalue weighted by atomic mass is 10.0. The van der Waals surface area contributed by atoms with E-state index in [-0.39, 0.29) is 16.9 Å². The fourth-order valence-corrected chi connectivity index (χ4v) is 3.11. The van der Waals surface area contributed by atoms with Crippen LogP contribution in [0.1, 0.15) is 35.5 Å². The molecule has 0 spiro atoms. The molecule has 0 saturated heterocycles. The van der Waals surface area contributed by atoms with Gasteiger partial charge in [0.15, 0.2) is 5.82 Å². The number of aromatic amines is 1. The molecule has 2 heterocycles. The fourth-order valence-electron chi connectivity index (χ4n) is 3.11. The number of aliphatic hydroxyl groups is 1. The van der Waals surface area contributed by atoms with E-state index in [9.17, 15) is 9.90 Å². The molecule has 0 aliphatic rings. The van der Waals surface area contributed by atoms with Gasteiger partial charge in [0.1, 0.15) is 6.10 Å². The Bertz CT molecular complexity index is 1130. The molecule has 27 heavy (non-hydrogen) atoms. The summed E-state index contributed by atoms with van der Waals surface area (Å²) < 4.78 is 1.51. The largest absolute Gasteiger partial charge is 0.380 e. The minimum Gasteiger partial charge on any atom is -0.380 e. The molecule has 0 bridgehead atoms. The molecule has 7 heteroatoms. The van der Waals surface area contributed by atoms with Crippen LogP contribution in [0.5, 0.6) is 0 Å². The first-order valence-electron chi connectivity index (χ1n) is 8.79. The van der Waals surface area contributed by atoms with Crippen molar-refractivity contribution >= 4 is 10.9 Å².